The lowest BCUT2D eigenvalue weighted by Gasteiger charge is -2.47. The van der Waals surface area contributed by atoms with E-state index >= 15 is 0 Å². The summed E-state index contributed by atoms with van der Waals surface area (Å²) in [6, 6.07) is 3.12. The zero-order valence-corrected chi connectivity index (χ0v) is 14.4. The minimum atomic E-state index is 0.263. The van der Waals surface area contributed by atoms with E-state index in [1.807, 2.05) is 0 Å². The molecule has 3 unspecified atom stereocenters. The number of hydrogen-bond acceptors (Lipinski definition) is 3. The summed E-state index contributed by atoms with van der Waals surface area (Å²) < 4.78 is 0. The highest BCUT2D eigenvalue weighted by Crippen LogP contribution is 2.35. The molecule has 1 saturated heterocycles. The minimum Gasteiger partial charge on any atom is -0.297 e. The van der Waals surface area contributed by atoms with Crippen molar-refractivity contribution in [2.45, 2.75) is 71.4 Å². The number of rotatable bonds is 3. The molecular formula is C18H33N3. The van der Waals surface area contributed by atoms with Crippen molar-refractivity contribution in [3.05, 3.63) is 0 Å². The van der Waals surface area contributed by atoms with Crippen molar-refractivity contribution in [2.24, 2.45) is 11.8 Å². The fraction of sp³-hybridized carbons (Fsp3) is 0.944. The monoisotopic (exact) mass is 291 g/mol. The molecule has 2 fully saturated rings. The van der Waals surface area contributed by atoms with E-state index in [-0.39, 0.29) is 11.5 Å². The van der Waals surface area contributed by atoms with Gasteiger partial charge in [-0.2, -0.15) is 5.26 Å². The normalized spacial score (nSPS) is 32.8. The van der Waals surface area contributed by atoms with Crippen molar-refractivity contribution in [3.8, 4) is 6.07 Å². The van der Waals surface area contributed by atoms with Gasteiger partial charge < -0.3 is 0 Å². The lowest BCUT2D eigenvalue weighted by molar-refractivity contribution is 0.0153. The molecule has 1 aliphatic carbocycles. The maximum atomic E-state index is 9.50. The molecule has 0 spiro atoms. The maximum Gasteiger partial charge on any atom is 0.0672 e. The van der Waals surface area contributed by atoms with E-state index in [0.717, 1.165) is 38.5 Å². The Morgan fingerprint density at radius 1 is 1.10 bits per heavy atom. The number of hydrogen-bond donors (Lipinski definition) is 0. The van der Waals surface area contributed by atoms with Gasteiger partial charge >= 0.3 is 0 Å². The van der Waals surface area contributed by atoms with Gasteiger partial charge in [-0.25, -0.2) is 0 Å². The molecule has 1 aliphatic heterocycles. The highest BCUT2D eigenvalue weighted by atomic mass is 15.3. The molecule has 120 valence electrons. The molecule has 0 N–H and O–H groups in total. The van der Waals surface area contributed by atoms with E-state index in [1.165, 1.54) is 25.7 Å². The first-order chi connectivity index (χ1) is 9.95. The Morgan fingerprint density at radius 3 is 2.29 bits per heavy atom. The van der Waals surface area contributed by atoms with E-state index in [4.69, 9.17) is 0 Å². The lowest BCUT2D eigenvalue weighted by atomic mass is 9.76. The van der Waals surface area contributed by atoms with Gasteiger partial charge in [0.2, 0.25) is 0 Å². The summed E-state index contributed by atoms with van der Waals surface area (Å²) in [5.74, 6) is 1.12. The van der Waals surface area contributed by atoms with E-state index in [0.29, 0.717) is 6.04 Å². The summed E-state index contributed by atoms with van der Waals surface area (Å²) in [6.45, 7) is 13.8. The smallest absolute Gasteiger partial charge is 0.0672 e. The Labute approximate surface area is 131 Å². The predicted octanol–water partition coefficient (Wildman–Crippen LogP) is 3.51. The quantitative estimate of drug-likeness (QED) is 0.797. The molecule has 2 aliphatic rings. The van der Waals surface area contributed by atoms with Crippen molar-refractivity contribution >= 4 is 0 Å². The number of piperazine rings is 1. The summed E-state index contributed by atoms with van der Waals surface area (Å²) in [6.07, 6.45) is 6.26. The maximum absolute atomic E-state index is 9.50. The van der Waals surface area contributed by atoms with Crippen LogP contribution in [0.5, 0.6) is 0 Å². The third-order valence-corrected chi connectivity index (χ3v) is 5.52. The molecule has 1 heterocycles. The fourth-order valence-electron chi connectivity index (χ4n) is 4.18. The highest BCUT2D eigenvalue weighted by Gasteiger charge is 2.36. The van der Waals surface area contributed by atoms with Gasteiger partial charge in [-0.05, 0) is 46.0 Å². The van der Waals surface area contributed by atoms with E-state index in [9.17, 15) is 5.26 Å². The largest absolute Gasteiger partial charge is 0.297 e. The average molecular weight is 291 g/mol. The number of nitriles is 1. The Hall–Kier alpha value is -0.590. The van der Waals surface area contributed by atoms with Gasteiger partial charge in [-0.1, -0.05) is 19.8 Å². The average Bonchev–Trinajstić information content (AvgIpc) is 2.47. The highest BCUT2D eigenvalue weighted by molar-refractivity contribution is 4.99. The zero-order valence-electron chi connectivity index (χ0n) is 14.4. The predicted molar refractivity (Wildman–Crippen MR) is 88.0 cm³/mol. The molecule has 2 rings (SSSR count). The van der Waals surface area contributed by atoms with Crippen LogP contribution in [0.4, 0.5) is 0 Å². The van der Waals surface area contributed by atoms with Crippen LogP contribution < -0.4 is 0 Å². The Kier molecular flexibility index (Phi) is 5.68. The van der Waals surface area contributed by atoms with Gasteiger partial charge in [0.1, 0.15) is 0 Å². The lowest BCUT2D eigenvalue weighted by Crippen LogP contribution is -2.57. The Bertz CT molecular complexity index is 358. The molecule has 0 bridgehead atoms. The van der Waals surface area contributed by atoms with Crippen molar-refractivity contribution in [1.29, 1.82) is 5.26 Å². The van der Waals surface area contributed by atoms with Crippen molar-refractivity contribution < 1.29 is 0 Å². The number of nitrogens with zero attached hydrogens (tertiary/aromatic N) is 3. The SMILES string of the molecule is CCCC1CCC(C#N)C(N2CCN(C(C)(C)C)CC2)C1. The van der Waals surface area contributed by atoms with Crippen molar-refractivity contribution in [1.82, 2.24) is 9.80 Å². The third kappa shape index (κ3) is 4.20. The molecular weight excluding hydrogens is 258 g/mol. The van der Waals surface area contributed by atoms with E-state index < -0.39 is 0 Å². The van der Waals surface area contributed by atoms with Crippen LogP contribution >= 0.6 is 0 Å². The summed E-state index contributed by atoms with van der Waals surface area (Å²) in [5.41, 5.74) is 0.276. The molecule has 1 saturated carbocycles. The first-order valence-electron chi connectivity index (χ1n) is 8.84. The van der Waals surface area contributed by atoms with Crippen LogP contribution in [0.15, 0.2) is 0 Å². The molecule has 3 atom stereocenters. The molecule has 0 aromatic rings. The van der Waals surface area contributed by atoms with Crippen LogP contribution in [0.2, 0.25) is 0 Å². The topological polar surface area (TPSA) is 30.3 Å². The third-order valence-electron chi connectivity index (χ3n) is 5.52. The second-order valence-electron chi connectivity index (χ2n) is 7.96. The summed E-state index contributed by atoms with van der Waals surface area (Å²) in [4.78, 5) is 5.20. The van der Waals surface area contributed by atoms with E-state index in [1.54, 1.807) is 0 Å². The molecule has 0 aromatic carbocycles. The minimum absolute atomic E-state index is 0.263. The molecule has 0 aromatic heterocycles. The standard InChI is InChI=1S/C18H33N3/c1-5-6-15-7-8-16(14-19)17(13-15)20-9-11-21(12-10-20)18(2,3)4/h15-17H,5-13H2,1-4H3. The Morgan fingerprint density at radius 2 is 1.76 bits per heavy atom. The zero-order chi connectivity index (χ0) is 15.5. The molecule has 3 heteroatoms. The van der Waals surface area contributed by atoms with Crippen LogP contribution in [0.1, 0.15) is 59.8 Å². The van der Waals surface area contributed by atoms with Gasteiger partial charge in [0, 0.05) is 37.8 Å². The van der Waals surface area contributed by atoms with Crippen LogP contribution in [0.25, 0.3) is 0 Å². The second-order valence-corrected chi connectivity index (χ2v) is 7.96. The first kappa shape index (κ1) is 16.8. The molecule has 3 nitrogen and oxygen atoms in total. The fourth-order valence-corrected chi connectivity index (χ4v) is 4.18. The van der Waals surface area contributed by atoms with Crippen LogP contribution in [0, 0.1) is 23.2 Å². The van der Waals surface area contributed by atoms with Gasteiger partial charge in [-0.15, -0.1) is 0 Å². The van der Waals surface area contributed by atoms with Gasteiger partial charge in [0.15, 0.2) is 0 Å². The summed E-state index contributed by atoms with van der Waals surface area (Å²) >= 11 is 0. The van der Waals surface area contributed by atoms with Gasteiger partial charge in [0.05, 0.1) is 12.0 Å². The Balaban J connectivity index is 1.94. The summed E-state index contributed by atoms with van der Waals surface area (Å²) in [7, 11) is 0. The van der Waals surface area contributed by atoms with Gasteiger partial charge in [0.25, 0.3) is 0 Å². The van der Waals surface area contributed by atoms with Crippen LogP contribution in [0.3, 0.4) is 0 Å². The van der Waals surface area contributed by atoms with Crippen molar-refractivity contribution in [2.75, 3.05) is 26.2 Å². The molecule has 0 radical (unpaired) electrons. The van der Waals surface area contributed by atoms with Crippen LogP contribution in [-0.2, 0) is 0 Å². The van der Waals surface area contributed by atoms with E-state index in [2.05, 4.69) is 43.6 Å². The van der Waals surface area contributed by atoms with Crippen molar-refractivity contribution in [3.63, 3.8) is 0 Å². The van der Waals surface area contributed by atoms with Crippen LogP contribution in [-0.4, -0.2) is 47.6 Å². The van der Waals surface area contributed by atoms with Gasteiger partial charge in [-0.3, -0.25) is 9.80 Å². The first-order valence-corrected chi connectivity index (χ1v) is 8.84. The second kappa shape index (κ2) is 7.11. The molecule has 0 amide bonds. The molecule has 21 heavy (non-hydrogen) atoms. The summed E-state index contributed by atoms with van der Waals surface area (Å²) in [5, 5.41) is 9.50.